The summed E-state index contributed by atoms with van der Waals surface area (Å²) < 4.78 is 0.759. The fourth-order valence-electron chi connectivity index (χ4n) is 1.33. The van der Waals surface area contributed by atoms with Crippen molar-refractivity contribution in [3.8, 4) is 0 Å². The number of halogens is 2. The van der Waals surface area contributed by atoms with E-state index in [1.807, 2.05) is 0 Å². The molecule has 0 fully saturated rings. The lowest BCUT2D eigenvalue weighted by Crippen LogP contribution is -2.35. The van der Waals surface area contributed by atoms with E-state index in [0.29, 0.717) is 10.6 Å². The first-order valence-corrected chi connectivity index (χ1v) is 6.11. The average molecular weight is 320 g/mol. The van der Waals surface area contributed by atoms with Crippen molar-refractivity contribution < 1.29 is 9.59 Å². The van der Waals surface area contributed by atoms with E-state index in [4.69, 9.17) is 17.3 Å². The third-order valence-electron chi connectivity index (χ3n) is 2.06. The normalized spacial score (nSPS) is 11.9. The molecule has 1 aromatic rings. The Labute approximate surface area is 113 Å². The molecule has 0 aliphatic carbocycles. The quantitative estimate of drug-likeness (QED) is 0.892. The largest absolute Gasteiger partial charge is 0.370 e. The van der Waals surface area contributed by atoms with Crippen molar-refractivity contribution in [1.29, 1.82) is 0 Å². The van der Waals surface area contributed by atoms with Crippen LogP contribution >= 0.6 is 27.5 Å². The summed E-state index contributed by atoms with van der Waals surface area (Å²) in [5, 5.41) is 3.01. The van der Waals surface area contributed by atoms with Gasteiger partial charge in [0.2, 0.25) is 5.91 Å². The Morgan fingerprint density at radius 3 is 2.76 bits per heavy atom. The number of amides is 2. The molecule has 0 bridgehead atoms. The molecule has 92 valence electrons. The van der Waals surface area contributed by atoms with Crippen LogP contribution in [0.1, 0.15) is 23.7 Å². The minimum Gasteiger partial charge on any atom is -0.370 e. The Hall–Kier alpha value is -1.07. The van der Waals surface area contributed by atoms with Crippen LogP contribution in [0, 0.1) is 0 Å². The van der Waals surface area contributed by atoms with E-state index in [1.165, 1.54) is 0 Å². The van der Waals surface area contributed by atoms with Crippen LogP contribution in [0.25, 0.3) is 0 Å². The first-order valence-electron chi connectivity index (χ1n) is 4.94. The maximum Gasteiger partial charge on any atom is 0.253 e. The van der Waals surface area contributed by atoms with Crippen LogP contribution in [0.2, 0.25) is 5.02 Å². The molecule has 3 N–H and O–H groups in total. The number of benzene rings is 1. The molecular formula is C11H12BrClN2O2. The Balaban J connectivity index is 2.76. The van der Waals surface area contributed by atoms with Gasteiger partial charge in [0.1, 0.15) is 0 Å². The van der Waals surface area contributed by atoms with Crippen molar-refractivity contribution in [2.75, 3.05) is 0 Å². The lowest BCUT2D eigenvalue weighted by atomic mass is 10.1. The highest BCUT2D eigenvalue weighted by atomic mass is 79.9. The number of nitrogens with one attached hydrogen (secondary N) is 1. The van der Waals surface area contributed by atoms with Gasteiger partial charge < -0.3 is 11.1 Å². The second-order valence-corrected chi connectivity index (χ2v) is 4.99. The lowest BCUT2D eigenvalue weighted by Gasteiger charge is -2.12. The summed E-state index contributed by atoms with van der Waals surface area (Å²) in [5.41, 5.74) is 5.40. The summed E-state index contributed by atoms with van der Waals surface area (Å²) in [5.74, 6) is -0.789. The Kier molecular flexibility index (Phi) is 4.96. The van der Waals surface area contributed by atoms with Crippen molar-refractivity contribution >= 4 is 39.3 Å². The van der Waals surface area contributed by atoms with E-state index in [0.717, 1.165) is 4.47 Å². The first kappa shape index (κ1) is 14.0. The molecule has 0 radical (unpaired) electrons. The highest BCUT2D eigenvalue weighted by molar-refractivity contribution is 9.10. The monoisotopic (exact) mass is 318 g/mol. The van der Waals surface area contributed by atoms with Crippen molar-refractivity contribution in [3.05, 3.63) is 33.3 Å². The highest BCUT2D eigenvalue weighted by Gasteiger charge is 2.14. The van der Waals surface area contributed by atoms with Crippen LogP contribution in [0.5, 0.6) is 0 Å². The highest BCUT2D eigenvalue weighted by Crippen LogP contribution is 2.20. The maximum atomic E-state index is 11.8. The van der Waals surface area contributed by atoms with Gasteiger partial charge in [-0.1, -0.05) is 27.5 Å². The van der Waals surface area contributed by atoms with Crippen LogP contribution in [0.15, 0.2) is 22.7 Å². The summed E-state index contributed by atoms with van der Waals surface area (Å²) in [6.07, 6.45) is 0.0946. The maximum absolute atomic E-state index is 11.8. The molecule has 17 heavy (non-hydrogen) atoms. The Bertz CT molecular complexity index is 451. The predicted molar refractivity (Wildman–Crippen MR) is 69.9 cm³/mol. The molecule has 0 heterocycles. The minimum atomic E-state index is -0.460. The topological polar surface area (TPSA) is 72.2 Å². The van der Waals surface area contributed by atoms with Gasteiger partial charge in [-0.2, -0.15) is 0 Å². The van der Waals surface area contributed by atoms with E-state index in [1.54, 1.807) is 25.1 Å². The molecule has 6 heteroatoms. The van der Waals surface area contributed by atoms with Crippen molar-refractivity contribution in [2.45, 2.75) is 19.4 Å². The van der Waals surface area contributed by atoms with E-state index < -0.39 is 5.91 Å². The molecule has 0 aliphatic heterocycles. The van der Waals surface area contributed by atoms with Gasteiger partial charge in [-0.15, -0.1) is 0 Å². The van der Waals surface area contributed by atoms with Gasteiger partial charge in [0.25, 0.3) is 5.91 Å². The summed E-state index contributed by atoms with van der Waals surface area (Å²) in [4.78, 5) is 22.5. The van der Waals surface area contributed by atoms with Crippen LogP contribution in [0.3, 0.4) is 0 Å². The predicted octanol–water partition coefficient (Wildman–Crippen LogP) is 2.10. The third-order valence-corrected chi connectivity index (χ3v) is 2.88. The molecule has 1 rings (SSSR count). The average Bonchev–Trinajstić information content (AvgIpc) is 2.20. The molecule has 2 amide bonds. The Morgan fingerprint density at radius 2 is 2.18 bits per heavy atom. The molecule has 1 unspecified atom stereocenters. The fraction of sp³-hybridized carbons (Fsp3) is 0.273. The van der Waals surface area contributed by atoms with E-state index in [9.17, 15) is 9.59 Å². The molecule has 0 saturated heterocycles. The van der Waals surface area contributed by atoms with Gasteiger partial charge in [-0.25, -0.2) is 0 Å². The molecular weight excluding hydrogens is 307 g/mol. The van der Waals surface area contributed by atoms with Crippen LogP contribution < -0.4 is 11.1 Å². The summed E-state index contributed by atoms with van der Waals surface area (Å²) in [6, 6.07) is 4.66. The van der Waals surface area contributed by atoms with E-state index in [2.05, 4.69) is 21.2 Å². The van der Waals surface area contributed by atoms with Crippen LogP contribution in [-0.4, -0.2) is 17.9 Å². The van der Waals surface area contributed by atoms with Gasteiger partial charge in [-0.3, -0.25) is 9.59 Å². The number of carbonyl (C=O) groups is 2. The van der Waals surface area contributed by atoms with Gasteiger partial charge in [0.15, 0.2) is 0 Å². The van der Waals surface area contributed by atoms with Crippen LogP contribution in [0.4, 0.5) is 0 Å². The number of rotatable bonds is 4. The molecule has 1 aromatic carbocycles. The number of nitrogens with two attached hydrogens (primary N) is 1. The van der Waals surface area contributed by atoms with Gasteiger partial charge in [0, 0.05) is 16.9 Å². The number of primary amides is 1. The minimum absolute atomic E-state index is 0.0946. The molecule has 0 aliphatic rings. The van der Waals surface area contributed by atoms with Crippen molar-refractivity contribution in [1.82, 2.24) is 5.32 Å². The number of carbonyl (C=O) groups excluding carboxylic acids is 2. The molecule has 0 spiro atoms. The van der Waals surface area contributed by atoms with Crippen molar-refractivity contribution in [3.63, 3.8) is 0 Å². The zero-order valence-corrected chi connectivity index (χ0v) is 11.5. The SMILES string of the molecule is CC(CC(N)=O)NC(=O)c1cc(Br)ccc1Cl. The van der Waals surface area contributed by atoms with Gasteiger partial charge >= 0.3 is 0 Å². The van der Waals surface area contributed by atoms with Crippen molar-refractivity contribution in [2.24, 2.45) is 5.73 Å². The molecule has 4 nitrogen and oxygen atoms in total. The van der Waals surface area contributed by atoms with Gasteiger partial charge in [-0.05, 0) is 25.1 Å². The third kappa shape index (κ3) is 4.36. The smallest absolute Gasteiger partial charge is 0.253 e. The zero-order valence-electron chi connectivity index (χ0n) is 9.17. The van der Waals surface area contributed by atoms with Crippen LogP contribution in [-0.2, 0) is 4.79 Å². The molecule has 0 aromatic heterocycles. The van der Waals surface area contributed by atoms with E-state index >= 15 is 0 Å². The second-order valence-electron chi connectivity index (χ2n) is 3.67. The Morgan fingerprint density at radius 1 is 1.53 bits per heavy atom. The summed E-state index contributed by atoms with van der Waals surface area (Å²) in [7, 11) is 0. The summed E-state index contributed by atoms with van der Waals surface area (Å²) in [6.45, 7) is 1.70. The summed E-state index contributed by atoms with van der Waals surface area (Å²) >= 11 is 9.17. The first-order chi connectivity index (χ1) is 7.90. The molecule has 1 atom stereocenters. The van der Waals surface area contributed by atoms with Gasteiger partial charge in [0.05, 0.1) is 10.6 Å². The fourth-order valence-corrected chi connectivity index (χ4v) is 1.89. The number of hydrogen-bond acceptors (Lipinski definition) is 2. The standard InChI is InChI=1S/C11H12BrClN2O2/c1-6(4-10(14)16)15-11(17)8-5-7(12)2-3-9(8)13/h2-3,5-6H,4H2,1H3,(H2,14,16)(H,15,17). The lowest BCUT2D eigenvalue weighted by molar-refractivity contribution is -0.118. The molecule has 0 saturated carbocycles. The second kappa shape index (κ2) is 6.02. The van der Waals surface area contributed by atoms with E-state index in [-0.39, 0.29) is 18.4 Å². The number of hydrogen-bond donors (Lipinski definition) is 2. The zero-order chi connectivity index (χ0) is 13.0.